The third-order valence-electron chi connectivity index (χ3n) is 4.34. The van der Waals surface area contributed by atoms with Crippen molar-refractivity contribution in [2.24, 2.45) is 0 Å². The van der Waals surface area contributed by atoms with Crippen molar-refractivity contribution in [3.63, 3.8) is 0 Å². The highest BCUT2D eigenvalue weighted by molar-refractivity contribution is 7.10. The van der Waals surface area contributed by atoms with Crippen LogP contribution in [0.3, 0.4) is 0 Å². The smallest absolute Gasteiger partial charge is 0.351 e. The predicted octanol–water partition coefficient (Wildman–Crippen LogP) is 2.63. The van der Waals surface area contributed by atoms with Crippen LogP contribution in [0.1, 0.15) is 17.7 Å². The lowest BCUT2D eigenvalue weighted by Crippen LogP contribution is -2.71. The Morgan fingerprint density at radius 1 is 1.40 bits per heavy atom. The number of amides is 2. The zero-order chi connectivity index (χ0) is 21.9. The summed E-state index contributed by atoms with van der Waals surface area (Å²) in [5.74, 6) is 0.979. The number of halogens is 3. The molecule has 13 heteroatoms. The first-order valence-electron chi connectivity index (χ1n) is 8.88. The van der Waals surface area contributed by atoms with Gasteiger partial charge in [-0.3, -0.25) is 0 Å². The molecule has 1 saturated heterocycles. The van der Waals surface area contributed by atoms with E-state index in [9.17, 15) is 18.0 Å². The number of carbonyl (C=O) groups excluding carboxylic acids is 1. The number of aromatic nitrogens is 3. The van der Waals surface area contributed by atoms with Crippen LogP contribution in [0.15, 0.2) is 12.3 Å². The predicted molar refractivity (Wildman–Crippen MR) is 105 cm³/mol. The number of alkyl halides is 3. The minimum atomic E-state index is -4.51. The number of nitrogens with one attached hydrogen (secondary N) is 3. The Balaban J connectivity index is 1.67. The van der Waals surface area contributed by atoms with E-state index in [-0.39, 0.29) is 19.5 Å². The van der Waals surface area contributed by atoms with Crippen LogP contribution in [0.4, 0.5) is 34.7 Å². The molecule has 9 nitrogen and oxygen atoms in total. The van der Waals surface area contributed by atoms with Gasteiger partial charge in [-0.15, -0.1) is 0 Å². The lowest BCUT2D eigenvalue weighted by Gasteiger charge is -2.50. The highest BCUT2D eigenvalue weighted by Crippen LogP contribution is 2.32. The van der Waals surface area contributed by atoms with Crippen LogP contribution in [0.2, 0.25) is 0 Å². The largest absolute Gasteiger partial charge is 0.405 e. The topological polar surface area (TPSA) is 119 Å². The van der Waals surface area contributed by atoms with Gasteiger partial charge >= 0.3 is 12.2 Å². The van der Waals surface area contributed by atoms with Crippen molar-refractivity contribution in [1.82, 2.24) is 25.0 Å². The van der Waals surface area contributed by atoms with Crippen LogP contribution in [-0.4, -0.2) is 51.7 Å². The third kappa shape index (κ3) is 5.26. The SMILES string of the molecule is Cc1cc(Nc2ncc(C)c(N3CC(CC#N)(NC(=O)NCC(F)(F)F)C3)n2)sn1. The number of nitriles is 1. The monoisotopic (exact) mass is 440 g/mol. The number of urea groups is 1. The van der Waals surface area contributed by atoms with Crippen molar-refractivity contribution in [2.75, 3.05) is 29.9 Å². The summed E-state index contributed by atoms with van der Waals surface area (Å²) in [7, 11) is 0. The molecule has 3 N–H and O–H groups in total. The second-order valence-electron chi connectivity index (χ2n) is 7.05. The Morgan fingerprint density at radius 3 is 2.73 bits per heavy atom. The molecule has 0 saturated carbocycles. The summed E-state index contributed by atoms with van der Waals surface area (Å²) in [4.78, 5) is 22.4. The van der Waals surface area contributed by atoms with Gasteiger partial charge in [-0.1, -0.05) is 0 Å². The van der Waals surface area contributed by atoms with E-state index >= 15 is 0 Å². The fourth-order valence-corrected chi connectivity index (χ4v) is 3.69. The summed E-state index contributed by atoms with van der Waals surface area (Å²) in [6, 6.07) is 2.87. The van der Waals surface area contributed by atoms with Gasteiger partial charge in [-0.2, -0.15) is 27.8 Å². The molecule has 160 valence electrons. The molecule has 2 aromatic heterocycles. The zero-order valence-corrected chi connectivity index (χ0v) is 17.0. The standard InChI is InChI=1S/C17H19F3N8OS/c1-10-6-22-14(24-12-5-11(2)27-30-12)25-13(10)28-8-16(9-28,3-4-21)26-15(29)23-7-17(18,19)20/h5-6H,3,7-9H2,1-2H3,(H,22,24,25)(H2,23,26,29). The van der Waals surface area contributed by atoms with Gasteiger partial charge < -0.3 is 20.9 Å². The number of hydrogen-bond donors (Lipinski definition) is 3. The first-order chi connectivity index (χ1) is 14.1. The van der Waals surface area contributed by atoms with E-state index in [0.29, 0.717) is 11.8 Å². The molecule has 0 spiro atoms. The van der Waals surface area contributed by atoms with Crippen molar-refractivity contribution >= 4 is 34.3 Å². The highest BCUT2D eigenvalue weighted by atomic mass is 32.1. The van der Waals surface area contributed by atoms with Crippen molar-refractivity contribution < 1.29 is 18.0 Å². The minimum Gasteiger partial charge on any atom is -0.351 e. The Morgan fingerprint density at radius 2 is 2.13 bits per heavy atom. The van der Waals surface area contributed by atoms with E-state index in [2.05, 4.69) is 25.0 Å². The lowest BCUT2D eigenvalue weighted by molar-refractivity contribution is -0.122. The van der Waals surface area contributed by atoms with Crippen molar-refractivity contribution in [1.29, 1.82) is 5.26 Å². The molecule has 1 aliphatic heterocycles. The summed E-state index contributed by atoms with van der Waals surface area (Å²) < 4.78 is 41.0. The van der Waals surface area contributed by atoms with Gasteiger partial charge in [-0.05, 0) is 31.4 Å². The molecule has 0 radical (unpaired) electrons. The molecular weight excluding hydrogens is 421 g/mol. The fraction of sp³-hybridized carbons (Fsp3) is 0.471. The molecule has 0 aliphatic carbocycles. The normalized spacial score (nSPS) is 15.1. The average Bonchev–Trinajstić information content (AvgIpc) is 3.03. The molecule has 3 rings (SSSR count). The van der Waals surface area contributed by atoms with E-state index in [1.54, 1.807) is 11.5 Å². The second-order valence-corrected chi connectivity index (χ2v) is 7.86. The molecule has 0 unspecified atom stereocenters. The Hall–Kier alpha value is -3.14. The van der Waals surface area contributed by atoms with Gasteiger partial charge in [0.2, 0.25) is 5.95 Å². The van der Waals surface area contributed by atoms with Gasteiger partial charge in [0.1, 0.15) is 17.4 Å². The first kappa shape index (κ1) is 21.6. The van der Waals surface area contributed by atoms with Gasteiger partial charge in [0.15, 0.2) is 0 Å². The molecule has 0 atom stereocenters. The van der Waals surface area contributed by atoms with Gasteiger partial charge in [0, 0.05) is 24.8 Å². The van der Waals surface area contributed by atoms with Gasteiger partial charge in [0.25, 0.3) is 0 Å². The maximum atomic E-state index is 12.3. The zero-order valence-electron chi connectivity index (χ0n) is 16.2. The van der Waals surface area contributed by atoms with Crippen LogP contribution < -0.4 is 20.9 Å². The van der Waals surface area contributed by atoms with E-state index in [1.165, 1.54) is 11.5 Å². The highest BCUT2D eigenvalue weighted by Gasteiger charge is 2.45. The molecule has 2 aromatic rings. The number of carbonyl (C=O) groups is 1. The van der Waals surface area contributed by atoms with Crippen LogP contribution in [-0.2, 0) is 0 Å². The maximum absolute atomic E-state index is 12.3. The summed E-state index contributed by atoms with van der Waals surface area (Å²) in [6.45, 7) is 2.72. The lowest BCUT2D eigenvalue weighted by atomic mass is 9.86. The minimum absolute atomic E-state index is 0.0433. The quantitative estimate of drug-likeness (QED) is 0.632. The van der Waals surface area contributed by atoms with Crippen molar-refractivity contribution in [3.8, 4) is 6.07 Å². The van der Waals surface area contributed by atoms with Crippen LogP contribution in [0, 0.1) is 25.2 Å². The van der Waals surface area contributed by atoms with Gasteiger partial charge in [0.05, 0.1) is 23.7 Å². The van der Waals surface area contributed by atoms with Crippen molar-refractivity contribution in [3.05, 3.63) is 23.5 Å². The number of rotatable bonds is 6. The Kier molecular flexibility index (Phi) is 5.97. The number of hydrogen-bond acceptors (Lipinski definition) is 8. The number of aryl methyl sites for hydroxylation is 2. The fourth-order valence-electron chi connectivity index (χ4n) is 3.03. The molecule has 2 amide bonds. The second kappa shape index (κ2) is 8.31. The number of anilines is 3. The van der Waals surface area contributed by atoms with Crippen LogP contribution in [0.5, 0.6) is 0 Å². The first-order valence-corrected chi connectivity index (χ1v) is 9.65. The molecule has 0 bridgehead atoms. The Bertz CT molecular complexity index is 965. The summed E-state index contributed by atoms with van der Waals surface area (Å²) in [5.41, 5.74) is 0.700. The molecular formula is C17H19F3N8OS. The Labute approximate surface area is 174 Å². The van der Waals surface area contributed by atoms with Crippen molar-refractivity contribution in [2.45, 2.75) is 32.0 Å². The molecule has 0 aromatic carbocycles. The van der Waals surface area contributed by atoms with Crippen LogP contribution >= 0.6 is 11.5 Å². The molecule has 1 aliphatic rings. The summed E-state index contributed by atoms with van der Waals surface area (Å²) >= 11 is 1.28. The third-order valence-corrected chi connectivity index (χ3v) is 5.14. The summed E-state index contributed by atoms with van der Waals surface area (Å²) in [6.07, 6.45) is -2.91. The van der Waals surface area contributed by atoms with E-state index < -0.39 is 24.3 Å². The van der Waals surface area contributed by atoms with E-state index in [1.807, 2.05) is 30.9 Å². The maximum Gasteiger partial charge on any atom is 0.405 e. The van der Waals surface area contributed by atoms with E-state index in [0.717, 1.165) is 16.3 Å². The molecule has 30 heavy (non-hydrogen) atoms. The van der Waals surface area contributed by atoms with Gasteiger partial charge in [-0.25, -0.2) is 9.78 Å². The van der Waals surface area contributed by atoms with Crippen LogP contribution in [0.25, 0.3) is 0 Å². The number of nitrogens with zero attached hydrogens (tertiary/aromatic N) is 5. The molecule has 3 heterocycles. The van der Waals surface area contributed by atoms with E-state index in [4.69, 9.17) is 5.26 Å². The molecule has 1 fully saturated rings. The summed E-state index contributed by atoms with van der Waals surface area (Å²) in [5, 5.41) is 17.2. The average molecular weight is 440 g/mol.